The molecule has 0 atom stereocenters. The van der Waals surface area contributed by atoms with Crippen molar-refractivity contribution in [3.8, 4) is 0 Å². The molecular formula is C20H18ClFN2O. The van der Waals surface area contributed by atoms with E-state index < -0.39 is 0 Å². The average molecular weight is 357 g/mol. The van der Waals surface area contributed by atoms with E-state index in [-0.39, 0.29) is 24.1 Å². The van der Waals surface area contributed by atoms with E-state index in [1.807, 2.05) is 53.4 Å². The lowest BCUT2D eigenvalue weighted by atomic mass is 10.2. The van der Waals surface area contributed by atoms with E-state index in [4.69, 9.17) is 0 Å². The highest BCUT2D eigenvalue weighted by Crippen LogP contribution is 2.04. The monoisotopic (exact) mass is 356 g/mol. The molecule has 128 valence electrons. The minimum absolute atomic E-state index is 0. The molecule has 0 unspecified atom stereocenters. The number of nitrogens with zero attached hydrogens (tertiary/aromatic N) is 1. The minimum Gasteiger partial charge on any atom is -1.00 e. The van der Waals surface area contributed by atoms with Gasteiger partial charge in [-0.3, -0.25) is 4.79 Å². The summed E-state index contributed by atoms with van der Waals surface area (Å²) in [5.41, 5.74) is 2.53. The lowest BCUT2D eigenvalue weighted by molar-refractivity contribution is -0.688. The zero-order valence-corrected chi connectivity index (χ0v) is 14.3. The largest absolute Gasteiger partial charge is 1.00 e. The lowest BCUT2D eigenvalue weighted by Gasteiger charge is -2.05. The van der Waals surface area contributed by atoms with Gasteiger partial charge in [0, 0.05) is 24.2 Å². The first-order valence-corrected chi connectivity index (χ1v) is 7.76. The molecule has 2 aromatic carbocycles. The predicted molar refractivity (Wildman–Crippen MR) is 89.8 cm³/mol. The zero-order valence-electron chi connectivity index (χ0n) is 13.5. The summed E-state index contributed by atoms with van der Waals surface area (Å²) in [4.78, 5) is 12.2. The molecular weight excluding hydrogens is 339 g/mol. The summed E-state index contributed by atoms with van der Waals surface area (Å²) >= 11 is 0. The van der Waals surface area contributed by atoms with Crippen LogP contribution in [0.25, 0.3) is 0 Å². The molecule has 3 nitrogen and oxygen atoms in total. The molecule has 0 bridgehead atoms. The number of hydrogen-bond donors (Lipinski definition) is 1. The molecule has 25 heavy (non-hydrogen) atoms. The topological polar surface area (TPSA) is 33.0 Å². The van der Waals surface area contributed by atoms with Crippen molar-refractivity contribution in [1.82, 2.24) is 5.32 Å². The van der Waals surface area contributed by atoms with Crippen LogP contribution in [0, 0.1) is 5.82 Å². The van der Waals surface area contributed by atoms with Crippen LogP contribution in [0.4, 0.5) is 4.39 Å². The van der Waals surface area contributed by atoms with Crippen LogP contribution in [-0.2, 0) is 13.1 Å². The first kappa shape index (κ1) is 18.6. The quantitative estimate of drug-likeness (QED) is 0.646. The fourth-order valence-corrected chi connectivity index (χ4v) is 2.44. The second kappa shape index (κ2) is 8.94. The van der Waals surface area contributed by atoms with Gasteiger partial charge in [-0.05, 0) is 17.7 Å². The summed E-state index contributed by atoms with van der Waals surface area (Å²) in [6.45, 7) is 1.06. The van der Waals surface area contributed by atoms with E-state index in [1.54, 1.807) is 18.2 Å². The Morgan fingerprint density at radius 3 is 2.28 bits per heavy atom. The Bertz CT molecular complexity index is 823. The van der Waals surface area contributed by atoms with E-state index in [9.17, 15) is 9.18 Å². The fraction of sp³-hybridized carbons (Fsp3) is 0.100. The molecule has 0 aliphatic rings. The maximum atomic E-state index is 13.2. The Balaban J connectivity index is 0.00000225. The smallest absolute Gasteiger partial charge is 0.252 e. The summed E-state index contributed by atoms with van der Waals surface area (Å²) in [5, 5.41) is 2.89. The van der Waals surface area contributed by atoms with E-state index in [2.05, 4.69) is 5.32 Å². The van der Waals surface area contributed by atoms with Crippen molar-refractivity contribution in [3.05, 3.63) is 102 Å². The minimum atomic E-state index is -0.245. The van der Waals surface area contributed by atoms with Crippen molar-refractivity contribution in [3.63, 3.8) is 0 Å². The number of hydrogen-bond acceptors (Lipinski definition) is 1. The van der Waals surface area contributed by atoms with E-state index in [1.165, 1.54) is 12.1 Å². The highest BCUT2D eigenvalue weighted by molar-refractivity contribution is 5.93. The highest BCUT2D eigenvalue weighted by Gasteiger charge is 2.09. The van der Waals surface area contributed by atoms with Crippen molar-refractivity contribution >= 4 is 5.91 Å². The second-order valence-electron chi connectivity index (χ2n) is 5.56. The molecule has 5 heteroatoms. The summed E-state index contributed by atoms with van der Waals surface area (Å²) in [7, 11) is 0. The highest BCUT2D eigenvalue weighted by atomic mass is 35.5. The van der Waals surface area contributed by atoms with Crippen LogP contribution < -0.4 is 22.3 Å². The van der Waals surface area contributed by atoms with E-state index >= 15 is 0 Å². The van der Waals surface area contributed by atoms with Gasteiger partial charge in [-0.25, -0.2) is 8.96 Å². The van der Waals surface area contributed by atoms with Gasteiger partial charge in [0.15, 0.2) is 18.9 Å². The summed E-state index contributed by atoms with van der Waals surface area (Å²) < 4.78 is 15.1. The van der Waals surface area contributed by atoms with Gasteiger partial charge in [0.1, 0.15) is 5.82 Å². The number of pyridine rings is 1. The van der Waals surface area contributed by atoms with Crippen molar-refractivity contribution < 1.29 is 26.2 Å². The third kappa shape index (κ3) is 5.40. The number of halogens is 2. The predicted octanol–water partition coefficient (Wildman–Crippen LogP) is 0.0955. The average Bonchev–Trinajstić information content (AvgIpc) is 2.61. The summed E-state index contributed by atoms with van der Waals surface area (Å²) in [6.07, 6.45) is 3.64. The van der Waals surface area contributed by atoms with Crippen LogP contribution in [0.2, 0.25) is 0 Å². The molecule has 1 amide bonds. The molecule has 3 rings (SSSR count). The van der Waals surface area contributed by atoms with Gasteiger partial charge in [0.25, 0.3) is 5.91 Å². The second-order valence-corrected chi connectivity index (χ2v) is 5.56. The van der Waals surface area contributed by atoms with Crippen LogP contribution in [-0.4, -0.2) is 5.91 Å². The van der Waals surface area contributed by atoms with Gasteiger partial charge >= 0.3 is 0 Å². The normalized spacial score (nSPS) is 9.96. The Hall–Kier alpha value is -2.72. The molecule has 0 radical (unpaired) electrons. The van der Waals surface area contributed by atoms with Gasteiger partial charge in [-0.2, -0.15) is 0 Å². The number of nitrogens with one attached hydrogen (secondary N) is 1. The van der Waals surface area contributed by atoms with E-state index in [0.29, 0.717) is 18.7 Å². The molecule has 1 aromatic heterocycles. The Kier molecular flexibility index (Phi) is 6.66. The van der Waals surface area contributed by atoms with Crippen molar-refractivity contribution in [2.75, 3.05) is 0 Å². The third-order valence-corrected chi connectivity index (χ3v) is 3.70. The molecule has 0 aliphatic heterocycles. The summed E-state index contributed by atoms with van der Waals surface area (Å²) in [5.74, 6) is -0.359. The number of aromatic nitrogens is 1. The fourth-order valence-electron chi connectivity index (χ4n) is 2.44. The molecule has 0 aliphatic carbocycles. The molecule has 1 N–H and O–H groups in total. The Morgan fingerprint density at radius 2 is 1.60 bits per heavy atom. The number of amides is 1. The number of carbonyl (C=O) groups is 1. The van der Waals surface area contributed by atoms with Gasteiger partial charge in [0.2, 0.25) is 0 Å². The molecule has 0 fully saturated rings. The molecule has 1 heterocycles. The molecule has 0 saturated heterocycles. The summed E-state index contributed by atoms with van der Waals surface area (Å²) in [6, 6.07) is 19.8. The first-order valence-electron chi connectivity index (χ1n) is 7.76. The first-order chi connectivity index (χ1) is 11.7. The Labute approximate surface area is 152 Å². The van der Waals surface area contributed by atoms with Crippen LogP contribution >= 0.6 is 0 Å². The van der Waals surface area contributed by atoms with Gasteiger partial charge in [-0.1, -0.05) is 42.5 Å². The molecule has 0 saturated carbocycles. The standard InChI is InChI=1S/C20H17FN2O.ClH/c21-19-8-4-7-17(13-19)15-23-11-9-18(10-12-23)20(24)22-14-16-5-2-1-3-6-16;/h1-13H,14-15H2;1H. The number of benzene rings is 2. The SMILES string of the molecule is O=C(NCc1ccccc1)c1cc[n+](Cc2cccc(F)c2)cc1.[Cl-]. The van der Waals surface area contributed by atoms with E-state index in [0.717, 1.165) is 11.1 Å². The van der Waals surface area contributed by atoms with Crippen LogP contribution in [0.5, 0.6) is 0 Å². The Morgan fingerprint density at radius 1 is 0.920 bits per heavy atom. The molecule has 0 spiro atoms. The van der Waals surface area contributed by atoms with Crippen LogP contribution in [0.3, 0.4) is 0 Å². The van der Waals surface area contributed by atoms with Crippen LogP contribution in [0.15, 0.2) is 79.1 Å². The van der Waals surface area contributed by atoms with Crippen molar-refractivity contribution in [2.45, 2.75) is 13.1 Å². The number of rotatable bonds is 5. The zero-order chi connectivity index (χ0) is 16.8. The third-order valence-electron chi connectivity index (χ3n) is 3.70. The van der Waals surface area contributed by atoms with Crippen molar-refractivity contribution in [2.24, 2.45) is 0 Å². The van der Waals surface area contributed by atoms with Gasteiger partial charge < -0.3 is 17.7 Å². The number of carbonyl (C=O) groups excluding carboxylic acids is 1. The van der Waals surface area contributed by atoms with Gasteiger partial charge in [0.05, 0.1) is 5.56 Å². The maximum Gasteiger partial charge on any atom is 0.252 e. The maximum absolute atomic E-state index is 13.2. The van der Waals surface area contributed by atoms with Crippen molar-refractivity contribution in [1.29, 1.82) is 0 Å². The molecule has 3 aromatic rings. The van der Waals surface area contributed by atoms with Gasteiger partial charge in [-0.15, -0.1) is 0 Å². The lowest BCUT2D eigenvalue weighted by Crippen LogP contribution is -3.00. The van der Waals surface area contributed by atoms with Crippen LogP contribution in [0.1, 0.15) is 21.5 Å².